The van der Waals surface area contributed by atoms with Crippen molar-refractivity contribution >= 4 is 33.4 Å². The Morgan fingerprint density at radius 2 is 1.90 bits per heavy atom. The topological polar surface area (TPSA) is 79.0 Å². The summed E-state index contributed by atoms with van der Waals surface area (Å²) in [5.74, 6) is 2.12. The molecule has 1 amide bonds. The highest BCUT2D eigenvalue weighted by molar-refractivity contribution is 7.99. The van der Waals surface area contributed by atoms with Crippen LogP contribution in [0, 0.1) is 6.92 Å². The fraction of sp³-hybridized carbons (Fsp3) is 0.409. The molecule has 9 heteroatoms. The summed E-state index contributed by atoms with van der Waals surface area (Å²) in [7, 11) is 0.527. The summed E-state index contributed by atoms with van der Waals surface area (Å²) in [4.78, 5) is 15.3. The largest absolute Gasteiger partial charge is 0.495 e. The smallest absolute Gasteiger partial charge is 0.255 e. The van der Waals surface area contributed by atoms with E-state index in [-0.39, 0.29) is 22.1 Å². The minimum absolute atomic E-state index is 0.0407. The number of sulfonamides is 1. The number of nitrogens with zero attached hydrogens (tertiary/aromatic N) is 2. The number of ether oxygens (including phenoxy) is 1. The summed E-state index contributed by atoms with van der Waals surface area (Å²) in [6.45, 7) is 4.98. The van der Waals surface area contributed by atoms with E-state index in [4.69, 9.17) is 4.74 Å². The van der Waals surface area contributed by atoms with Crippen LogP contribution in [0.3, 0.4) is 0 Å². The molecule has 168 valence electrons. The number of rotatable bonds is 7. The lowest BCUT2D eigenvalue weighted by atomic mass is 10.1. The maximum atomic E-state index is 12.9. The molecule has 1 heterocycles. The third kappa shape index (κ3) is 5.41. The molecule has 0 aromatic heterocycles. The van der Waals surface area contributed by atoms with Crippen LogP contribution in [-0.2, 0) is 16.6 Å². The molecule has 31 heavy (non-hydrogen) atoms. The minimum atomic E-state index is -3.76. The second kappa shape index (κ2) is 10.0. The van der Waals surface area contributed by atoms with Crippen molar-refractivity contribution in [2.45, 2.75) is 18.4 Å². The Morgan fingerprint density at radius 3 is 2.55 bits per heavy atom. The first kappa shape index (κ1) is 23.6. The molecule has 1 fully saturated rings. The van der Waals surface area contributed by atoms with E-state index in [0.717, 1.165) is 46.7 Å². The van der Waals surface area contributed by atoms with E-state index < -0.39 is 10.0 Å². The average molecular weight is 464 g/mol. The van der Waals surface area contributed by atoms with Gasteiger partial charge in [-0.1, -0.05) is 12.1 Å². The van der Waals surface area contributed by atoms with Gasteiger partial charge in [0.2, 0.25) is 10.0 Å². The first-order chi connectivity index (χ1) is 14.7. The molecule has 0 spiro atoms. The van der Waals surface area contributed by atoms with Crippen molar-refractivity contribution in [1.82, 2.24) is 9.21 Å². The van der Waals surface area contributed by atoms with E-state index in [1.54, 1.807) is 6.07 Å². The lowest BCUT2D eigenvalue weighted by Crippen LogP contribution is -2.32. The van der Waals surface area contributed by atoms with Crippen LogP contribution in [0.4, 0.5) is 5.69 Å². The summed E-state index contributed by atoms with van der Waals surface area (Å²) < 4.78 is 31.6. The molecule has 2 aromatic rings. The average Bonchev–Trinajstić information content (AvgIpc) is 2.76. The molecule has 0 bridgehead atoms. The summed E-state index contributed by atoms with van der Waals surface area (Å²) in [6.07, 6.45) is 0. The highest BCUT2D eigenvalue weighted by atomic mass is 32.2. The van der Waals surface area contributed by atoms with E-state index >= 15 is 0 Å². The van der Waals surface area contributed by atoms with Crippen molar-refractivity contribution in [3.63, 3.8) is 0 Å². The van der Waals surface area contributed by atoms with Gasteiger partial charge in [0.15, 0.2) is 0 Å². The van der Waals surface area contributed by atoms with Gasteiger partial charge in [0, 0.05) is 56.5 Å². The standard InChI is InChI=1S/C22H29N3O4S2/c1-16-18(15-25-10-12-30-13-11-25)6-5-7-19(16)23-22(26)17-8-9-20(29-4)21(14-17)31(27,28)24(2)3/h5-9,14H,10-13,15H2,1-4H3,(H,23,26). The number of hydrogen-bond acceptors (Lipinski definition) is 6. The lowest BCUT2D eigenvalue weighted by molar-refractivity contribution is 0.102. The number of hydrogen-bond donors (Lipinski definition) is 1. The SMILES string of the molecule is COc1ccc(C(=O)Nc2cccc(CN3CCSCC3)c2C)cc1S(=O)(=O)N(C)C. The van der Waals surface area contributed by atoms with Crippen LogP contribution in [0.2, 0.25) is 0 Å². The van der Waals surface area contributed by atoms with Crippen LogP contribution in [0.1, 0.15) is 21.5 Å². The first-order valence-corrected chi connectivity index (χ1v) is 12.6. The quantitative estimate of drug-likeness (QED) is 0.680. The number of amides is 1. The third-order valence-electron chi connectivity index (χ3n) is 5.38. The molecule has 1 saturated heterocycles. The van der Waals surface area contributed by atoms with Gasteiger partial charge in [-0.3, -0.25) is 9.69 Å². The Morgan fingerprint density at radius 1 is 1.19 bits per heavy atom. The summed E-state index contributed by atoms with van der Waals surface area (Å²) in [5, 5.41) is 2.94. The minimum Gasteiger partial charge on any atom is -0.495 e. The Balaban J connectivity index is 1.84. The van der Waals surface area contributed by atoms with Gasteiger partial charge in [0.05, 0.1) is 7.11 Å². The molecule has 0 radical (unpaired) electrons. The summed E-state index contributed by atoms with van der Waals surface area (Å²) >= 11 is 1.98. The zero-order valence-electron chi connectivity index (χ0n) is 18.3. The maximum Gasteiger partial charge on any atom is 0.255 e. The van der Waals surface area contributed by atoms with Gasteiger partial charge in [0.25, 0.3) is 5.91 Å². The zero-order chi connectivity index (χ0) is 22.6. The molecule has 0 aliphatic carbocycles. The van der Waals surface area contributed by atoms with Crippen molar-refractivity contribution in [1.29, 1.82) is 0 Å². The Bertz CT molecular complexity index is 1050. The molecule has 1 aliphatic rings. The van der Waals surface area contributed by atoms with E-state index in [1.165, 1.54) is 38.9 Å². The van der Waals surface area contributed by atoms with Gasteiger partial charge in [-0.05, 0) is 42.3 Å². The van der Waals surface area contributed by atoms with Crippen molar-refractivity contribution in [3.05, 3.63) is 53.1 Å². The number of anilines is 1. The Kier molecular flexibility index (Phi) is 7.64. The van der Waals surface area contributed by atoms with Crippen LogP contribution in [0.15, 0.2) is 41.3 Å². The number of methoxy groups -OCH3 is 1. The summed E-state index contributed by atoms with van der Waals surface area (Å²) in [5.41, 5.74) is 3.17. The van der Waals surface area contributed by atoms with Gasteiger partial charge in [0.1, 0.15) is 10.6 Å². The Labute approximate surface area is 188 Å². The van der Waals surface area contributed by atoms with Crippen LogP contribution >= 0.6 is 11.8 Å². The fourth-order valence-electron chi connectivity index (χ4n) is 3.40. The molecule has 0 saturated carbocycles. The van der Waals surface area contributed by atoms with E-state index in [0.29, 0.717) is 0 Å². The number of carbonyl (C=O) groups excluding carboxylic acids is 1. The molecule has 2 aromatic carbocycles. The number of benzene rings is 2. The summed E-state index contributed by atoms with van der Waals surface area (Å²) in [6, 6.07) is 10.3. The fourth-order valence-corrected chi connectivity index (χ4v) is 5.45. The second-order valence-electron chi connectivity index (χ2n) is 7.59. The van der Waals surface area contributed by atoms with Crippen molar-refractivity contribution in [2.24, 2.45) is 0 Å². The van der Waals surface area contributed by atoms with Gasteiger partial charge < -0.3 is 10.1 Å². The van der Waals surface area contributed by atoms with Gasteiger partial charge in [-0.2, -0.15) is 11.8 Å². The van der Waals surface area contributed by atoms with Gasteiger partial charge >= 0.3 is 0 Å². The molecule has 1 N–H and O–H groups in total. The van der Waals surface area contributed by atoms with Crippen LogP contribution in [0.5, 0.6) is 5.75 Å². The molecular formula is C22H29N3O4S2. The molecule has 0 atom stereocenters. The first-order valence-electron chi connectivity index (χ1n) is 10.0. The van der Waals surface area contributed by atoms with Crippen LogP contribution in [0.25, 0.3) is 0 Å². The van der Waals surface area contributed by atoms with Crippen molar-refractivity contribution < 1.29 is 17.9 Å². The number of nitrogens with one attached hydrogen (secondary N) is 1. The zero-order valence-corrected chi connectivity index (χ0v) is 20.0. The third-order valence-corrected chi connectivity index (χ3v) is 8.16. The number of carbonyl (C=O) groups is 1. The molecule has 1 aliphatic heterocycles. The van der Waals surface area contributed by atoms with Crippen LogP contribution in [-0.4, -0.2) is 69.3 Å². The van der Waals surface area contributed by atoms with E-state index in [2.05, 4.69) is 16.3 Å². The van der Waals surface area contributed by atoms with Crippen LogP contribution < -0.4 is 10.1 Å². The van der Waals surface area contributed by atoms with E-state index in [9.17, 15) is 13.2 Å². The molecular weight excluding hydrogens is 434 g/mol. The van der Waals surface area contributed by atoms with Crippen molar-refractivity contribution in [3.8, 4) is 5.75 Å². The number of thioether (sulfide) groups is 1. The monoisotopic (exact) mass is 463 g/mol. The van der Waals surface area contributed by atoms with Gasteiger partial charge in [-0.25, -0.2) is 12.7 Å². The van der Waals surface area contributed by atoms with Gasteiger partial charge in [-0.15, -0.1) is 0 Å². The molecule has 7 nitrogen and oxygen atoms in total. The Hall–Kier alpha value is -2.07. The highest BCUT2D eigenvalue weighted by Crippen LogP contribution is 2.28. The van der Waals surface area contributed by atoms with E-state index in [1.807, 2.05) is 30.8 Å². The predicted octanol–water partition coefficient (Wildman–Crippen LogP) is 3.06. The van der Waals surface area contributed by atoms with Crippen molar-refractivity contribution in [2.75, 3.05) is 51.1 Å². The second-order valence-corrected chi connectivity index (χ2v) is 10.9. The highest BCUT2D eigenvalue weighted by Gasteiger charge is 2.24. The lowest BCUT2D eigenvalue weighted by Gasteiger charge is -2.27. The molecule has 0 unspecified atom stereocenters. The maximum absolute atomic E-state index is 12.9. The molecule has 3 rings (SSSR count). The predicted molar refractivity (Wildman–Crippen MR) is 126 cm³/mol. The normalized spacial score (nSPS) is 15.1.